The smallest absolute Gasteiger partial charge is 0.261 e. The normalized spacial score (nSPS) is 20.6. The second kappa shape index (κ2) is 6.68. The second-order valence-electron chi connectivity index (χ2n) is 3.70. The lowest BCUT2D eigenvalue weighted by atomic mass is 9.91. The van der Waals surface area contributed by atoms with E-state index in [0.717, 1.165) is 0 Å². The summed E-state index contributed by atoms with van der Waals surface area (Å²) in [6, 6.07) is 8.59. The van der Waals surface area contributed by atoms with E-state index in [0.29, 0.717) is 5.56 Å². The minimum Gasteiger partial charge on any atom is -0.261 e. The van der Waals surface area contributed by atoms with Crippen LogP contribution >= 0.6 is 12.2 Å². The second-order valence-corrected chi connectivity index (χ2v) is 3.90. The maximum absolute atomic E-state index is 14.2. The third kappa shape index (κ3) is 3.40. The summed E-state index contributed by atoms with van der Waals surface area (Å²) in [5.41, 5.74) is 0.659. The first kappa shape index (κ1) is 14.9. The van der Waals surface area contributed by atoms with Crippen LogP contribution in [0.5, 0.6) is 0 Å². The number of nitrogens with zero attached hydrogens (tertiary/aromatic N) is 1. The van der Waals surface area contributed by atoms with E-state index in [4.69, 9.17) is 5.41 Å². The highest BCUT2D eigenvalue weighted by atomic mass is 32.1. The van der Waals surface area contributed by atoms with Crippen LogP contribution in [-0.2, 0) is 0 Å². The van der Waals surface area contributed by atoms with Crippen LogP contribution in [0.25, 0.3) is 5.57 Å². The average molecular weight is 278 g/mol. The summed E-state index contributed by atoms with van der Waals surface area (Å²) in [6.45, 7) is 0. The van der Waals surface area contributed by atoms with E-state index in [-0.39, 0.29) is 12.0 Å². The molecule has 0 fully saturated rings. The van der Waals surface area contributed by atoms with Crippen molar-refractivity contribution in [2.24, 2.45) is 0 Å². The van der Waals surface area contributed by atoms with Crippen LogP contribution in [0.3, 0.4) is 0 Å². The van der Waals surface area contributed by atoms with Gasteiger partial charge in [-0.1, -0.05) is 42.5 Å². The summed E-state index contributed by atoms with van der Waals surface area (Å²) in [7, 11) is 0. The minimum atomic E-state index is -2.50. The molecule has 1 unspecified atom stereocenters. The van der Waals surface area contributed by atoms with Gasteiger partial charge in [-0.2, -0.15) is 4.39 Å². The molecule has 0 bridgehead atoms. The Morgan fingerprint density at radius 1 is 1.42 bits per heavy atom. The standard InChI is InChI=1S/C12H10FNO2.CHNS/c13-12(14(15)16)9-5-4-8-11(12)10-6-2-1-3-7-10;2-1-3/h1-8H,9H2;2H. The zero-order chi connectivity index (χ0) is 14.3. The maximum atomic E-state index is 14.2. The van der Waals surface area contributed by atoms with Crippen LogP contribution in [0, 0.1) is 15.5 Å². The highest BCUT2D eigenvalue weighted by Crippen LogP contribution is 2.37. The predicted molar refractivity (Wildman–Crippen MR) is 74.3 cm³/mol. The Morgan fingerprint density at radius 2 is 2.00 bits per heavy atom. The van der Waals surface area contributed by atoms with Crippen molar-refractivity contribution >= 4 is 23.0 Å². The molecular formula is C13H11FN2O2S. The molecule has 0 aromatic heterocycles. The van der Waals surface area contributed by atoms with Gasteiger partial charge in [0.05, 0.1) is 22.1 Å². The van der Waals surface area contributed by atoms with Gasteiger partial charge in [0.15, 0.2) is 0 Å². The molecule has 1 atom stereocenters. The third-order valence-corrected chi connectivity index (χ3v) is 2.57. The molecule has 98 valence electrons. The number of thiocarbonyl (C=S) groups is 1. The molecule has 0 saturated carbocycles. The number of hydrogen-bond donors (Lipinski definition) is 1. The van der Waals surface area contributed by atoms with Crippen molar-refractivity contribution in [1.29, 1.82) is 5.41 Å². The van der Waals surface area contributed by atoms with E-state index >= 15 is 0 Å². The van der Waals surface area contributed by atoms with Gasteiger partial charge in [-0.15, -0.1) is 0 Å². The first-order chi connectivity index (χ1) is 9.06. The van der Waals surface area contributed by atoms with Crippen molar-refractivity contribution in [1.82, 2.24) is 0 Å². The first-order valence-electron chi connectivity index (χ1n) is 5.36. The Morgan fingerprint density at radius 3 is 2.53 bits per heavy atom. The minimum absolute atomic E-state index is 0.112. The SMILES string of the molecule is N=C=S.O=[N+]([O-])C1(F)CC=CC=C1c1ccccc1. The highest BCUT2D eigenvalue weighted by Gasteiger charge is 2.47. The Kier molecular flexibility index (Phi) is 5.23. The number of allylic oxidation sites excluding steroid dienone is 2. The molecule has 1 aliphatic rings. The van der Waals surface area contributed by atoms with E-state index in [9.17, 15) is 14.5 Å². The number of halogens is 1. The monoisotopic (exact) mass is 278 g/mol. The van der Waals surface area contributed by atoms with Crippen LogP contribution in [0.2, 0.25) is 0 Å². The number of nitrogens with one attached hydrogen (secondary N) is 1. The zero-order valence-corrected chi connectivity index (χ0v) is 10.7. The molecule has 0 aliphatic heterocycles. The van der Waals surface area contributed by atoms with Gasteiger partial charge in [0.2, 0.25) is 0 Å². The van der Waals surface area contributed by atoms with Gasteiger partial charge in [-0.25, -0.2) is 5.41 Å². The number of alkyl halides is 1. The number of benzene rings is 1. The number of hydrogen-bond acceptors (Lipinski definition) is 4. The van der Waals surface area contributed by atoms with Gasteiger partial charge < -0.3 is 0 Å². The van der Waals surface area contributed by atoms with Gasteiger partial charge >= 0.3 is 5.79 Å². The fourth-order valence-electron chi connectivity index (χ4n) is 1.73. The van der Waals surface area contributed by atoms with Gasteiger partial charge in [0.1, 0.15) is 0 Å². The van der Waals surface area contributed by atoms with Crippen molar-refractivity contribution in [3.8, 4) is 0 Å². The van der Waals surface area contributed by atoms with E-state index < -0.39 is 10.7 Å². The molecule has 0 radical (unpaired) electrons. The molecule has 0 saturated heterocycles. The summed E-state index contributed by atoms with van der Waals surface area (Å²) in [5.74, 6) is -2.50. The topological polar surface area (TPSA) is 67.0 Å². The molecule has 0 amide bonds. The molecule has 6 heteroatoms. The van der Waals surface area contributed by atoms with Crippen LogP contribution in [0.15, 0.2) is 48.6 Å². The zero-order valence-electron chi connectivity index (χ0n) is 9.88. The molecule has 19 heavy (non-hydrogen) atoms. The van der Waals surface area contributed by atoms with E-state index in [1.807, 2.05) is 0 Å². The number of isothiocyanates is 1. The lowest BCUT2D eigenvalue weighted by Crippen LogP contribution is -2.35. The Balaban J connectivity index is 0.000000550. The van der Waals surface area contributed by atoms with Gasteiger partial charge in [0.25, 0.3) is 0 Å². The van der Waals surface area contributed by atoms with Crippen molar-refractivity contribution in [2.75, 3.05) is 0 Å². The van der Waals surface area contributed by atoms with E-state index in [1.54, 1.807) is 41.6 Å². The Hall–Kier alpha value is -2.17. The summed E-state index contributed by atoms with van der Waals surface area (Å²) >= 11 is 3.81. The van der Waals surface area contributed by atoms with Crippen LogP contribution in [0.4, 0.5) is 4.39 Å². The largest absolute Gasteiger partial charge is 0.388 e. The molecule has 4 nitrogen and oxygen atoms in total. The van der Waals surface area contributed by atoms with Crippen molar-refractivity contribution in [3.05, 3.63) is 64.2 Å². The van der Waals surface area contributed by atoms with Crippen LogP contribution in [0.1, 0.15) is 12.0 Å². The van der Waals surface area contributed by atoms with Gasteiger partial charge in [-0.05, 0) is 23.9 Å². The molecule has 1 aromatic carbocycles. The molecule has 1 N–H and O–H groups in total. The third-order valence-electron chi connectivity index (χ3n) is 2.57. The molecule has 1 aromatic rings. The summed E-state index contributed by atoms with van der Waals surface area (Å²) in [4.78, 5) is 9.95. The van der Waals surface area contributed by atoms with E-state index in [1.165, 1.54) is 12.2 Å². The highest BCUT2D eigenvalue weighted by molar-refractivity contribution is 7.78. The Labute approximate surface area is 114 Å². The average Bonchev–Trinajstić information content (AvgIpc) is 2.41. The Bertz CT molecular complexity index is 551. The first-order valence-corrected chi connectivity index (χ1v) is 5.77. The quantitative estimate of drug-likeness (QED) is 0.295. The lowest BCUT2D eigenvalue weighted by Gasteiger charge is -2.20. The molecule has 1 aliphatic carbocycles. The lowest BCUT2D eigenvalue weighted by molar-refractivity contribution is -0.584. The van der Waals surface area contributed by atoms with Crippen LogP contribution in [-0.4, -0.2) is 15.9 Å². The molecular weight excluding hydrogens is 267 g/mol. The fourth-order valence-corrected chi connectivity index (χ4v) is 1.73. The molecule has 0 spiro atoms. The summed E-state index contributed by atoms with van der Waals surface area (Å²) in [5, 5.41) is 18.2. The number of rotatable bonds is 2. The van der Waals surface area contributed by atoms with Crippen molar-refractivity contribution in [2.45, 2.75) is 12.2 Å². The van der Waals surface area contributed by atoms with Crippen molar-refractivity contribution in [3.63, 3.8) is 0 Å². The summed E-state index contributed by atoms with van der Waals surface area (Å²) < 4.78 is 14.2. The fraction of sp³-hybridized carbons (Fsp3) is 0.154. The molecule has 2 rings (SSSR count). The predicted octanol–water partition coefficient (Wildman–Crippen LogP) is 3.64. The van der Waals surface area contributed by atoms with Crippen molar-refractivity contribution < 1.29 is 9.31 Å². The summed E-state index contributed by atoms with van der Waals surface area (Å²) in [6.07, 6.45) is 4.35. The number of nitro groups is 1. The van der Waals surface area contributed by atoms with Crippen LogP contribution < -0.4 is 0 Å². The maximum Gasteiger partial charge on any atom is 0.388 e. The van der Waals surface area contributed by atoms with Gasteiger partial charge in [0, 0.05) is 0 Å². The molecule has 0 heterocycles. The van der Waals surface area contributed by atoms with Gasteiger partial charge in [-0.3, -0.25) is 10.1 Å². The van der Waals surface area contributed by atoms with E-state index in [2.05, 4.69) is 12.2 Å².